The highest BCUT2D eigenvalue weighted by Gasteiger charge is 2.39. The number of hydrogen-bond donors (Lipinski definition) is 7. The van der Waals surface area contributed by atoms with Crippen LogP contribution in [0.3, 0.4) is 0 Å². The van der Waals surface area contributed by atoms with Gasteiger partial charge in [-0.2, -0.15) is 4.98 Å². The van der Waals surface area contributed by atoms with Crippen LogP contribution >= 0.6 is 7.75 Å². The van der Waals surface area contributed by atoms with E-state index in [-0.39, 0.29) is 24.5 Å². The third kappa shape index (κ3) is 6.51. The molecule has 4 heterocycles. The van der Waals surface area contributed by atoms with Gasteiger partial charge >= 0.3 is 13.8 Å². The minimum atomic E-state index is -4.17. The normalized spacial score (nSPS) is 22.0. The number of fused-ring (bicyclic) bond motifs is 1. The fraction of sp³-hybridized carbons (Fsp3) is 0.526. The van der Waals surface area contributed by atoms with E-state index >= 15 is 0 Å². The van der Waals surface area contributed by atoms with Crippen LogP contribution in [0, 0.1) is 0 Å². The number of aromatic amines is 2. The molecule has 4 rings (SSSR count). The van der Waals surface area contributed by atoms with Crippen LogP contribution < -0.4 is 21.5 Å². The Morgan fingerprint density at radius 3 is 3.03 bits per heavy atom. The van der Waals surface area contributed by atoms with E-state index in [0.717, 1.165) is 10.7 Å². The van der Waals surface area contributed by atoms with Crippen molar-refractivity contribution in [2.45, 2.75) is 37.9 Å². The van der Waals surface area contributed by atoms with Crippen molar-refractivity contribution in [3.8, 4) is 0 Å². The second-order valence-corrected chi connectivity index (χ2v) is 10.0. The fourth-order valence-electron chi connectivity index (χ4n) is 3.61. The van der Waals surface area contributed by atoms with E-state index in [1.54, 1.807) is 6.92 Å². The van der Waals surface area contributed by atoms with Gasteiger partial charge in [0.05, 0.1) is 25.2 Å². The second-order valence-electron chi connectivity index (χ2n) is 8.34. The van der Waals surface area contributed by atoms with Gasteiger partial charge in [-0.3, -0.25) is 19.6 Å². The lowest BCUT2D eigenvalue weighted by molar-refractivity contribution is -0.0556. The van der Waals surface area contributed by atoms with Gasteiger partial charge in [0.15, 0.2) is 11.2 Å². The number of hydrogen-bond acceptors (Lipinski definition) is 11. The highest BCUT2D eigenvalue weighted by atomic mass is 31.2. The number of aliphatic hydroxyl groups is 1. The first kappa shape index (κ1) is 26.7. The standard InChI is InChI=1S/C19H29N10O7P/c1-11(21-3-4-22-18-26-16-15(17(31)27-18)23-9-24-16)25-19(32)28(2)14-7-12(30)13(36-14)8-35-37(33,34)29-6-5-20-10-29/h5-6,9-14,21,30H,3-4,7-8H2,1-2H3,(H,25,32)(H,33,34)(H3,22,23,24,26,27,31)/t11?,12?,13-,14-/m1/s1. The summed E-state index contributed by atoms with van der Waals surface area (Å²) in [5, 5.41) is 19.1. The molecular formula is C19H29N10O7P. The molecule has 1 fully saturated rings. The van der Waals surface area contributed by atoms with E-state index in [1.165, 1.54) is 30.7 Å². The Labute approximate surface area is 210 Å². The lowest BCUT2D eigenvalue weighted by Gasteiger charge is -2.27. The Kier molecular flexibility index (Phi) is 8.21. The number of nitrogens with zero attached hydrogens (tertiary/aromatic N) is 5. The van der Waals surface area contributed by atoms with Gasteiger partial charge in [0, 0.05) is 39.0 Å². The number of rotatable bonds is 11. The Morgan fingerprint density at radius 1 is 1.46 bits per heavy atom. The molecule has 18 heteroatoms. The highest BCUT2D eigenvalue weighted by Crippen LogP contribution is 2.43. The van der Waals surface area contributed by atoms with Crippen molar-refractivity contribution < 1.29 is 28.6 Å². The SMILES string of the molecule is CC(NCCNc1nc2nc[nH]c2c(=O)[nH]1)NC(=O)N(C)[C@H]1CC(O)[C@@H](COP(=O)(O)n2ccnc2)O1. The molecule has 3 aromatic rings. The molecule has 0 saturated carbocycles. The molecule has 37 heavy (non-hydrogen) atoms. The molecule has 1 aliphatic heterocycles. The third-order valence-corrected chi connectivity index (χ3v) is 6.96. The molecule has 3 unspecified atom stereocenters. The molecular weight excluding hydrogens is 511 g/mol. The molecule has 1 saturated heterocycles. The average Bonchev–Trinajstić information content (AvgIpc) is 3.61. The maximum atomic E-state index is 12.6. The first-order valence-corrected chi connectivity index (χ1v) is 12.9. The summed E-state index contributed by atoms with van der Waals surface area (Å²) in [4.78, 5) is 53.0. The van der Waals surface area contributed by atoms with Crippen molar-refractivity contribution in [3.05, 3.63) is 35.4 Å². The average molecular weight is 540 g/mol. The van der Waals surface area contributed by atoms with Gasteiger partial charge in [-0.05, 0) is 6.92 Å². The summed E-state index contributed by atoms with van der Waals surface area (Å²) in [6, 6.07) is -0.451. The van der Waals surface area contributed by atoms with Crippen molar-refractivity contribution in [1.82, 2.24) is 44.8 Å². The zero-order valence-corrected chi connectivity index (χ0v) is 21.0. The number of aromatic nitrogens is 6. The molecule has 0 radical (unpaired) electrons. The molecule has 0 spiro atoms. The van der Waals surface area contributed by atoms with E-state index in [9.17, 15) is 24.2 Å². The molecule has 3 aromatic heterocycles. The summed E-state index contributed by atoms with van der Waals surface area (Å²) in [6.07, 6.45) is 2.20. The summed E-state index contributed by atoms with van der Waals surface area (Å²) in [6.45, 7) is 2.24. The van der Waals surface area contributed by atoms with E-state index in [2.05, 4.69) is 40.9 Å². The van der Waals surface area contributed by atoms with Crippen LogP contribution in [0.5, 0.6) is 0 Å². The van der Waals surface area contributed by atoms with Crippen LogP contribution in [0.25, 0.3) is 11.2 Å². The molecule has 0 aromatic carbocycles. The number of H-pyrrole nitrogens is 2. The van der Waals surface area contributed by atoms with Gasteiger partial charge < -0.3 is 35.3 Å². The Balaban J connectivity index is 1.18. The van der Waals surface area contributed by atoms with Gasteiger partial charge in [0.25, 0.3) is 5.56 Å². The molecule has 0 bridgehead atoms. The van der Waals surface area contributed by atoms with Gasteiger partial charge in [-0.15, -0.1) is 0 Å². The van der Waals surface area contributed by atoms with Crippen LogP contribution in [-0.4, -0.2) is 102 Å². The lowest BCUT2D eigenvalue weighted by Crippen LogP contribution is -2.51. The molecule has 202 valence electrons. The van der Waals surface area contributed by atoms with Crippen molar-refractivity contribution in [1.29, 1.82) is 0 Å². The molecule has 17 nitrogen and oxygen atoms in total. The van der Waals surface area contributed by atoms with E-state index in [4.69, 9.17) is 9.26 Å². The predicted molar refractivity (Wildman–Crippen MR) is 129 cm³/mol. The predicted octanol–water partition coefficient (Wildman–Crippen LogP) is -1.03. The number of ether oxygens (including phenoxy) is 1. The lowest BCUT2D eigenvalue weighted by atomic mass is 10.2. The second kappa shape index (κ2) is 11.4. The van der Waals surface area contributed by atoms with Gasteiger partial charge in [-0.1, -0.05) is 0 Å². The highest BCUT2D eigenvalue weighted by molar-refractivity contribution is 7.51. The quantitative estimate of drug-likeness (QED) is 0.0881. The Hall–Kier alpha value is -3.34. The summed E-state index contributed by atoms with van der Waals surface area (Å²) in [5.74, 6) is 0.279. The first-order chi connectivity index (χ1) is 17.6. The van der Waals surface area contributed by atoms with E-state index in [1.807, 2.05) is 0 Å². The summed E-state index contributed by atoms with van der Waals surface area (Å²) < 4.78 is 23.9. The Morgan fingerprint density at radius 2 is 2.27 bits per heavy atom. The van der Waals surface area contributed by atoms with Crippen LogP contribution in [0.2, 0.25) is 0 Å². The zero-order valence-electron chi connectivity index (χ0n) is 20.1. The number of carbonyl (C=O) groups excluding carboxylic acids is 1. The minimum absolute atomic E-state index is 0.107. The number of nitrogens with one attached hydrogen (secondary N) is 5. The number of urea groups is 1. The van der Waals surface area contributed by atoms with Crippen LogP contribution in [-0.2, 0) is 13.8 Å². The van der Waals surface area contributed by atoms with Crippen molar-refractivity contribution >= 4 is 30.9 Å². The number of amides is 2. The topological polar surface area (TPSA) is 225 Å². The molecule has 2 amide bonds. The Bertz CT molecular complexity index is 1300. The number of anilines is 1. The van der Waals surface area contributed by atoms with Gasteiger partial charge in [0.1, 0.15) is 18.7 Å². The van der Waals surface area contributed by atoms with Crippen LogP contribution in [0.15, 0.2) is 29.8 Å². The molecule has 1 aliphatic rings. The minimum Gasteiger partial charge on any atom is -0.390 e. The zero-order chi connectivity index (χ0) is 26.6. The van der Waals surface area contributed by atoms with Crippen molar-refractivity contribution in [2.24, 2.45) is 0 Å². The molecule has 0 aliphatic carbocycles. The summed E-state index contributed by atoms with van der Waals surface area (Å²) in [7, 11) is -2.66. The first-order valence-electron chi connectivity index (χ1n) is 11.4. The van der Waals surface area contributed by atoms with Gasteiger partial charge in [0.2, 0.25) is 5.95 Å². The van der Waals surface area contributed by atoms with Crippen molar-refractivity contribution in [2.75, 3.05) is 32.1 Å². The molecule has 7 N–H and O–H groups in total. The number of carbonyl (C=O) groups is 1. The van der Waals surface area contributed by atoms with E-state index < -0.39 is 38.4 Å². The number of imidazole rings is 2. The number of aliphatic hydroxyl groups excluding tert-OH is 1. The summed E-state index contributed by atoms with van der Waals surface area (Å²) >= 11 is 0. The van der Waals surface area contributed by atoms with Gasteiger partial charge in [-0.25, -0.2) is 23.7 Å². The monoisotopic (exact) mass is 540 g/mol. The fourth-order valence-corrected chi connectivity index (χ4v) is 4.50. The largest absolute Gasteiger partial charge is 0.437 e. The third-order valence-electron chi connectivity index (χ3n) is 5.65. The van der Waals surface area contributed by atoms with E-state index in [0.29, 0.717) is 24.3 Å². The van der Waals surface area contributed by atoms with Crippen molar-refractivity contribution in [3.63, 3.8) is 0 Å². The molecule has 5 atom stereocenters. The maximum absolute atomic E-state index is 12.6. The van der Waals surface area contributed by atoms with Crippen LogP contribution in [0.1, 0.15) is 13.3 Å². The maximum Gasteiger partial charge on any atom is 0.437 e. The smallest absolute Gasteiger partial charge is 0.390 e. The summed E-state index contributed by atoms with van der Waals surface area (Å²) in [5.41, 5.74) is 0.266. The van der Waals surface area contributed by atoms with Crippen LogP contribution in [0.4, 0.5) is 10.7 Å².